The zero-order chi connectivity index (χ0) is 18.4. The van der Waals surface area contributed by atoms with Crippen LogP contribution in [-0.2, 0) is 16.1 Å². The highest BCUT2D eigenvalue weighted by atomic mass is 32.1. The molecule has 0 atom stereocenters. The molecule has 0 aliphatic carbocycles. The first kappa shape index (κ1) is 17.8. The number of ether oxygens (including phenoxy) is 2. The third-order valence-corrected chi connectivity index (χ3v) is 4.02. The number of carbonyl (C=O) groups excluding carboxylic acids is 1. The van der Waals surface area contributed by atoms with Crippen LogP contribution in [0.15, 0.2) is 58.5 Å². The highest BCUT2D eigenvalue weighted by Crippen LogP contribution is 2.23. The second-order valence-electron chi connectivity index (χ2n) is 5.01. The number of esters is 1. The molecule has 26 heavy (non-hydrogen) atoms. The Bertz CT molecular complexity index is 873. The minimum atomic E-state index is -2.87. The first-order chi connectivity index (χ1) is 12.6. The number of hydrogen-bond acceptors (Lipinski definition) is 6. The highest BCUT2D eigenvalue weighted by Gasteiger charge is 2.09. The zero-order valence-corrected chi connectivity index (χ0v) is 14.1. The van der Waals surface area contributed by atoms with Crippen molar-refractivity contribution in [3.8, 4) is 16.5 Å². The monoisotopic (exact) mass is 377 g/mol. The Hall–Kier alpha value is -3.00. The number of benzene rings is 1. The van der Waals surface area contributed by atoms with Crippen molar-refractivity contribution < 1.29 is 27.5 Å². The topological polar surface area (TPSA) is 61.6 Å². The van der Waals surface area contributed by atoms with Gasteiger partial charge in [0.15, 0.2) is 0 Å². The number of hydrogen-bond donors (Lipinski definition) is 0. The van der Waals surface area contributed by atoms with Crippen molar-refractivity contribution in [1.82, 2.24) is 4.98 Å². The standard InChI is InChI=1S/C18H13F2NO4S/c19-18(20)25-14-6-3-12(4-7-14)5-8-16(22)23-10-13-11-24-17(21-13)15-2-1-9-26-15/h1-9,11,18H,10H2/b8-5+. The Labute approximate surface area is 151 Å². The minimum absolute atomic E-state index is 0.0147. The summed E-state index contributed by atoms with van der Waals surface area (Å²) < 4.78 is 38.8. The van der Waals surface area contributed by atoms with Gasteiger partial charge in [-0.1, -0.05) is 18.2 Å². The Kier molecular flexibility index (Phi) is 5.75. The smallest absolute Gasteiger partial charge is 0.387 e. The van der Waals surface area contributed by atoms with Crippen molar-refractivity contribution in [3.63, 3.8) is 0 Å². The van der Waals surface area contributed by atoms with E-state index in [4.69, 9.17) is 9.15 Å². The third kappa shape index (κ3) is 5.00. The van der Waals surface area contributed by atoms with Gasteiger partial charge in [0.2, 0.25) is 5.89 Å². The lowest BCUT2D eigenvalue weighted by Crippen LogP contribution is -2.01. The zero-order valence-electron chi connectivity index (χ0n) is 13.3. The van der Waals surface area contributed by atoms with Crippen LogP contribution in [0, 0.1) is 0 Å². The van der Waals surface area contributed by atoms with E-state index in [0.29, 0.717) is 17.1 Å². The summed E-state index contributed by atoms with van der Waals surface area (Å²) in [7, 11) is 0. The van der Waals surface area contributed by atoms with Gasteiger partial charge in [0.25, 0.3) is 0 Å². The van der Waals surface area contributed by atoms with E-state index in [2.05, 4.69) is 9.72 Å². The molecule has 3 aromatic rings. The number of carbonyl (C=O) groups is 1. The van der Waals surface area contributed by atoms with E-state index in [1.54, 1.807) is 12.1 Å². The number of rotatable bonds is 7. The fraction of sp³-hybridized carbons (Fsp3) is 0.111. The Morgan fingerprint density at radius 1 is 1.27 bits per heavy atom. The van der Waals surface area contributed by atoms with Crippen molar-refractivity contribution >= 4 is 23.4 Å². The molecule has 0 radical (unpaired) electrons. The molecule has 0 aliphatic heterocycles. The van der Waals surface area contributed by atoms with Crippen molar-refractivity contribution in [1.29, 1.82) is 0 Å². The highest BCUT2D eigenvalue weighted by molar-refractivity contribution is 7.13. The molecule has 0 spiro atoms. The second kappa shape index (κ2) is 8.39. The lowest BCUT2D eigenvalue weighted by atomic mass is 10.2. The molecule has 5 nitrogen and oxygen atoms in total. The molecule has 1 aromatic carbocycles. The maximum absolute atomic E-state index is 12.1. The summed E-state index contributed by atoms with van der Waals surface area (Å²) in [6, 6.07) is 9.64. The number of alkyl halides is 2. The summed E-state index contributed by atoms with van der Waals surface area (Å²) in [4.78, 5) is 16.9. The molecule has 0 unspecified atom stereocenters. The SMILES string of the molecule is O=C(/C=C/c1ccc(OC(F)F)cc1)OCc1coc(-c2cccs2)n1. The van der Waals surface area contributed by atoms with Gasteiger partial charge in [-0.25, -0.2) is 9.78 Å². The molecule has 0 aliphatic rings. The maximum Gasteiger partial charge on any atom is 0.387 e. The fourth-order valence-corrected chi connectivity index (χ4v) is 2.66. The molecule has 2 heterocycles. The molecular weight excluding hydrogens is 364 g/mol. The lowest BCUT2D eigenvalue weighted by molar-refractivity contribution is -0.139. The van der Waals surface area contributed by atoms with Crippen molar-refractivity contribution in [2.24, 2.45) is 0 Å². The maximum atomic E-state index is 12.1. The number of halogens is 2. The van der Waals surface area contributed by atoms with Gasteiger partial charge in [0.05, 0.1) is 4.88 Å². The van der Waals surface area contributed by atoms with E-state index in [9.17, 15) is 13.6 Å². The van der Waals surface area contributed by atoms with Gasteiger partial charge >= 0.3 is 12.6 Å². The van der Waals surface area contributed by atoms with Crippen LogP contribution in [0.2, 0.25) is 0 Å². The van der Waals surface area contributed by atoms with Crippen molar-refractivity contribution in [2.45, 2.75) is 13.2 Å². The molecule has 0 fully saturated rings. The van der Waals surface area contributed by atoms with E-state index >= 15 is 0 Å². The number of aromatic nitrogens is 1. The summed E-state index contributed by atoms with van der Waals surface area (Å²) in [5.41, 5.74) is 1.15. The minimum Gasteiger partial charge on any atom is -0.456 e. The Balaban J connectivity index is 1.50. The summed E-state index contributed by atoms with van der Waals surface area (Å²) in [6.07, 6.45) is 4.19. The van der Waals surface area contributed by atoms with Crippen LogP contribution in [0.4, 0.5) is 8.78 Å². The normalized spacial score (nSPS) is 11.2. The van der Waals surface area contributed by atoms with Gasteiger partial charge in [-0.05, 0) is 35.2 Å². The molecule has 3 rings (SSSR count). The largest absolute Gasteiger partial charge is 0.456 e. The summed E-state index contributed by atoms with van der Waals surface area (Å²) in [6.45, 7) is -2.89. The average Bonchev–Trinajstić information content (AvgIpc) is 3.30. The van der Waals surface area contributed by atoms with Crippen LogP contribution in [-0.4, -0.2) is 17.6 Å². The van der Waals surface area contributed by atoms with Crippen LogP contribution < -0.4 is 4.74 Å². The third-order valence-electron chi connectivity index (χ3n) is 3.16. The van der Waals surface area contributed by atoms with Gasteiger partial charge in [-0.3, -0.25) is 0 Å². The van der Waals surface area contributed by atoms with E-state index in [1.165, 1.54) is 41.9 Å². The molecule has 0 saturated carbocycles. The summed E-state index contributed by atoms with van der Waals surface area (Å²) in [5.74, 6) is -0.0291. The molecule has 0 saturated heterocycles. The van der Waals surface area contributed by atoms with Crippen LogP contribution in [0.3, 0.4) is 0 Å². The number of nitrogens with zero attached hydrogens (tertiary/aromatic N) is 1. The van der Waals surface area contributed by atoms with Crippen LogP contribution in [0.1, 0.15) is 11.3 Å². The van der Waals surface area contributed by atoms with Crippen LogP contribution in [0.5, 0.6) is 5.75 Å². The van der Waals surface area contributed by atoms with Gasteiger partial charge in [0.1, 0.15) is 24.3 Å². The Morgan fingerprint density at radius 3 is 2.77 bits per heavy atom. The molecular formula is C18H13F2NO4S. The summed E-state index contributed by atoms with van der Waals surface area (Å²) in [5, 5.41) is 1.91. The molecule has 0 amide bonds. The molecule has 0 N–H and O–H groups in total. The molecule has 8 heteroatoms. The lowest BCUT2D eigenvalue weighted by Gasteiger charge is -2.03. The van der Waals surface area contributed by atoms with Gasteiger partial charge in [0, 0.05) is 6.08 Å². The van der Waals surface area contributed by atoms with Gasteiger partial charge < -0.3 is 13.9 Å². The quantitative estimate of drug-likeness (QED) is 0.439. The molecule has 134 valence electrons. The van der Waals surface area contributed by atoms with E-state index in [-0.39, 0.29) is 12.4 Å². The van der Waals surface area contributed by atoms with E-state index in [0.717, 1.165) is 4.88 Å². The van der Waals surface area contributed by atoms with Crippen molar-refractivity contribution in [2.75, 3.05) is 0 Å². The van der Waals surface area contributed by atoms with E-state index < -0.39 is 12.6 Å². The average molecular weight is 377 g/mol. The number of oxazole rings is 1. The van der Waals surface area contributed by atoms with Crippen LogP contribution in [0.25, 0.3) is 16.8 Å². The fourth-order valence-electron chi connectivity index (χ4n) is 2.00. The van der Waals surface area contributed by atoms with Gasteiger partial charge in [-0.2, -0.15) is 8.78 Å². The number of thiophene rings is 1. The first-order valence-electron chi connectivity index (χ1n) is 7.48. The van der Waals surface area contributed by atoms with E-state index in [1.807, 2.05) is 17.5 Å². The first-order valence-corrected chi connectivity index (χ1v) is 8.36. The Morgan fingerprint density at radius 2 is 2.08 bits per heavy atom. The molecule has 0 bridgehead atoms. The summed E-state index contributed by atoms with van der Waals surface area (Å²) >= 11 is 1.50. The van der Waals surface area contributed by atoms with Crippen molar-refractivity contribution in [3.05, 3.63) is 65.4 Å². The predicted octanol–water partition coefficient (Wildman–Crippen LogP) is 4.76. The van der Waals surface area contributed by atoms with Crippen LogP contribution >= 0.6 is 11.3 Å². The van der Waals surface area contributed by atoms with Gasteiger partial charge in [-0.15, -0.1) is 11.3 Å². The predicted molar refractivity (Wildman–Crippen MR) is 91.7 cm³/mol. The molecule has 2 aromatic heterocycles. The second-order valence-corrected chi connectivity index (χ2v) is 5.96.